The van der Waals surface area contributed by atoms with E-state index in [1.54, 1.807) is 0 Å². The molecule has 1 aliphatic heterocycles. The summed E-state index contributed by atoms with van der Waals surface area (Å²) < 4.78 is 2.08. The fourth-order valence-corrected chi connectivity index (χ4v) is 2.86. The van der Waals surface area contributed by atoms with Gasteiger partial charge in [0.1, 0.15) is 0 Å². The van der Waals surface area contributed by atoms with Gasteiger partial charge in [-0.05, 0) is 57.2 Å². The fraction of sp³-hybridized carbons (Fsp3) is 0.786. The molecule has 1 N–H and O–H groups in total. The van der Waals surface area contributed by atoms with Crippen LogP contribution in [0.15, 0.2) is 12.4 Å². The number of hydrogen-bond acceptors (Lipinski definition) is 2. The number of nitrogens with one attached hydrogen (secondary N) is 1. The highest BCUT2D eigenvalue weighted by atomic mass is 15.3. The van der Waals surface area contributed by atoms with E-state index >= 15 is 0 Å². The van der Waals surface area contributed by atoms with Crippen LogP contribution in [-0.4, -0.2) is 22.9 Å². The number of nitrogens with zero attached hydrogens (tertiary/aromatic N) is 2. The maximum absolute atomic E-state index is 4.48. The first-order valence-corrected chi connectivity index (χ1v) is 6.97. The van der Waals surface area contributed by atoms with Crippen molar-refractivity contribution < 1.29 is 0 Å². The fourth-order valence-electron chi connectivity index (χ4n) is 2.86. The second-order valence-corrected chi connectivity index (χ2v) is 5.50. The lowest BCUT2D eigenvalue weighted by atomic mass is 9.80. The Balaban J connectivity index is 2.11. The van der Waals surface area contributed by atoms with Gasteiger partial charge >= 0.3 is 0 Å². The number of hydrogen-bond donors (Lipinski definition) is 1. The van der Waals surface area contributed by atoms with Crippen LogP contribution in [0, 0.1) is 5.92 Å². The van der Waals surface area contributed by atoms with Crippen molar-refractivity contribution in [1.29, 1.82) is 0 Å². The monoisotopic (exact) mass is 235 g/mol. The van der Waals surface area contributed by atoms with Crippen LogP contribution in [0.4, 0.5) is 0 Å². The second-order valence-electron chi connectivity index (χ2n) is 5.50. The number of piperidine rings is 1. The number of rotatable bonds is 4. The van der Waals surface area contributed by atoms with Gasteiger partial charge in [0, 0.05) is 12.2 Å². The molecule has 0 aromatic carbocycles. The van der Waals surface area contributed by atoms with E-state index in [0.29, 0.717) is 12.0 Å². The van der Waals surface area contributed by atoms with Gasteiger partial charge in [-0.3, -0.25) is 4.68 Å². The summed E-state index contributed by atoms with van der Waals surface area (Å²) in [6.45, 7) is 8.97. The average Bonchev–Trinajstić information content (AvgIpc) is 2.79. The SMILES string of the molecule is CCCC1CNCCC1c1cnn(C(C)C)c1. The van der Waals surface area contributed by atoms with Crippen molar-refractivity contribution in [1.82, 2.24) is 15.1 Å². The van der Waals surface area contributed by atoms with Crippen molar-refractivity contribution in [2.24, 2.45) is 5.92 Å². The molecule has 96 valence electrons. The molecule has 1 fully saturated rings. The lowest BCUT2D eigenvalue weighted by Crippen LogP contribution is -2.35. The highest BCUT2D eigenvalue weighted by molar-refractivity contribution is 5.14. The van der Waals surface area contributed by atoms with Crippen molar-refractivity contribution in [3.63, 3.8) is 0 Å². The zero-order valence-corrected chi connectivity index (χ0v) is 11.3. The Kier molecular flexibility index (Phi) is 4.21. The maximum Gasteiger partial charge on any atom is 0.0524 e. The van der Waals surface area contributed by atoms with Crippen LogP contribution in [-0.2, 0) is 0 Å². The molecule has 1 aromatic heterocycles. The first-order valence-electron chi connectivity index (χ1n) is 6.97. The Hall–Kier alpha value is -0.830. The van der Waals surface area contributed by atoms with Crippen molar-refractivity contribution >= 4 is 0 Å². The summed E-state index contributed by atoms with van der Waals surface area (Å²) in [6.07, 6.45) is 8.20. The van der Waals surface area contributed by atoms with Crippen LogP contribution in [0.5, 0.6) is 0 Å². The summed E-state index contributed by atoms with van der Waals surface area (Å²) in [5, 5.41) is 8.00. The highest BCUT2D eigenvalue weighted by Gasteiger charge is 2.26. The molecule has 2 heterocycles. The van der Waals surface area contributed by atoms with Crippen LogP contribution in [0.3, 0.4) is 0 Å². The summed E-state index contributed by atoms with van der Waals surface area (Å²) in [7, 11) is 0. The zero-order valence-electron chi connectivity index (χ0n) is 11.3. The molecule has 1 aliphatic rings. The first kappa shape index (κ1) is 12.6. The lowest BCUT2D eigenvalue weighted by molar-refractivity contribution is 0.306. The minimum atomic E-state index is 0.468. The van der Waals surface area contributed by atoms with Gasteiger partial charge in [-0.25, -0.2) is 0 Å². The quantitative estimate of drug-likeness (QED) is 0.869. The molecule has 3 nitrogen and oxygen atoms in total. The van der Waals surface area contributed by atoms with E-state index in [1.165, 1.54) is 31.4 Å². The van der Waals surface area contributed by atoms with Crippen LogP contribution >= 0.6 is 0 Å². The summed E-state index contributed by atoms with van der Waals surface area (Å²) in [6, 6.07) is 0.468. The van der Waals surface area contributed by atoms with E-state index in [2.05, 4.69) is 48.3 Å². The lowest BCUT2D eigenvalue weighted by Gasteiger charge is -2.31. The van der Waals surface area contributed by atoms with Gasteiger partial charge in [0.05, 0.1) is 6.20 Å². The minimum Gasteiger partial charge on any atom is -0.316 e. The molecule has 3 heteroatoms. The Morgan fingerprint density at radius 2 is 2.35 bits per heavy atom. The normalized spacial score (nSPS) is 25.4. The van der Waals surface area contributed by atoms with Crippen LogP contribution in [0.1, 0.15) is 57.6 Å². The molecule has 0 amide bonds. The van der Waals surface area contributed by atoms with Gasteiger partial charge in [-0.2, -0.15) is 5.10 Å². The van der Waals surface area contributed by atoms with Crippen LogP contribution in [0.2, 0.25) is 0 Å². The Morgan fingerprint density at radius 1 is 1.53 bits per heavy atom. The van der Waals surface area contributed by atoms with Gasteiger partial charge in [0.15, 0.2) is 0 Å². The molecule has 2 atom stereocenters. The molecule has 2 unspecified atom stereocenters. The standard InChI is InChI=1S/C14H25N3/c1-4-5-12-8-15-7-6-14(12)13-9-16-17(10-13)11(2)3/h9-12,14-15H,4-8H2,1-3H3. The van der Waals surface area contributed by atoms with E-state index in [9.17, 15) is 0 Å². The van der Waals surface area contributed by atoms with Gasteiger partial charge in [0.25, 0.3) is 0 Å². The molecule has 0 aliphatic carbocycles. The largest absolute Gasteiger partial charge is 0.316 e. The minimum absolute atomic E-state index is 0.468. The summed E-state index contributed by atoms with van der Waals surface area (Å²) in [4.78, 5) is 0. The molecular formula is C14H25N3. The topological polar surface area (TPSA) is 29.9 Å². The van der Waals surface area contributed by atoms with Crippen molar-refractivity contribution in [2.75, 3.05) is 13.1 Å². The first-order chi connectivity index (χ1) is 8.22. The van der Waals surface area contributed by atoms with Crippen molar-refractivity contribution in [3.8, 4) is 0 Å². The van der Waals surface area contributed by atoms with E-state index in [1.807, 2.05) is 0 Å². The predicted molar refractivity (Wildman–Crippen MR) is 71.2 cm³/mol. The number of aromatic nitrogens is 2. The molecule has 0 saturated carbocycles. The van der Waals surface area contributed by atoms with E-state index in [4.69, 9.17) is 0 Å². The smallest absolute Gasteiger partial charge is 0.0524 e. The van der Waals surface area contributed by atoms with Gasteiger partial charge in [0.2, 0.25) is 0 Å². The molecule has 1 aromatic rings. The van der Waals surface area contributed by atoms with E-state index < -0.39 is 0 Å². The molecular weight excluding hydrogens is 210 g/mol. The molecule has 17 heavy (non-hydrogen) atoms. The van der Waals surface area contributed by atoms with Gasteiger partial charge in [-0.15, -0.1) is 0 Å². The second kappa shape index (κ2) is 5.67. The Bertz CT molecular complexity index is 341. The molecule has 0 radical (unpaired) electrons. The third-order valence-electron chi connectivity index (χ3n) is 3.85. The molecule has 0 spiro atoms. The Labute approximate surface area is 105 Å². The Morgan fingerprint density at radius 3 is 3.00 bits per heavy atom. The van der Waals surface area contributed by atoms with Crippen molar-refractivity contribution in [3.05, 3.63) is 18.0 Å². The summed E-state index contributed by atoms with van der Waals surface area (Å²) in [5.74, 6) is 1.50. The molecule has 1 saturated heterocycles. The summed E-state index contributed by atoms with van der Waals surface area (Å²) in [5.41, 5.74) is 1.44. The third kappa shape index (κ3) is 2.89. The maximum atomic E-state index is 4.48. The van der Waals surface area contributed by atoms with Crippen LogP contribution < -0.4 is 5.32 Å². The molecule has 2 rings (SSSR count). The van der Waals surface area contributed by atoms with Crippen LogP contribution in [0.25, 0.3) is 0 Å². The third-order valence-corrected chi connectivity index (χ3v) is 3.85. The zero-order chi connectivity index (χ0) is 12.3. The van der Waals surface area contributed by atoms with Crippen molar-refractivity contribution in [2.45, 2.75) is 52.0 Å². The van der Waals surface area contributed by atoms with E-state index in [-0.39, 0.29) is 0 Å². The predicted octanol–water partition coefficient (Wildman–Crippen LogP) is 2.96. The molecule has 0 bridgehead atoms. The highest BCUT2D eigenvalue weighted by Crippen LogP contribution is 2.33. The summed E-state index contributed by atoms with van der Waals surface area (Å²) >= 11 is 0. The van der Waals surface area contributed by atoms with Gasteiger partial charge < -0.3 is 5.32 Å². The van der Waals surface area contributed by atoms with E-state index in [0.717, 1.165) is 12.5 Å². The average molecular weight is 235 g/mol. The van der Waals surface area contributed by atoms with Gasteiger partial charge in [-0.1, -0.05) is 13.3 Å².